The Hall–Kier alpha value is -0.780. The fourth-order valence-corrected chi connectivity index (χ4v) is 1.81. The summed E-state index contributed by atoms with van der Waals surface area (Å²) in [5.74, 6) is 0. The summed E-state index contributed by atoms with van der Waals surface area (Å²) in [6, 6.07) is 7.84. The smallest absolute Gasteiger partial charge is 0.434 e. The van der Waals surface area contributed by atoms with Crippen LogP contribution in [0.5, 0.6) is 0 Å². The van der Waals surface area contributed by atoms with E-state index in [1.807, 2.05) is 24.3 Å². The molecule has 0 aliphatic carbocycles. The summed E-state index contributed by atoms with van der Waals surface area (Å²) in [6.45, 7) is 2.87. The van der Waals surface area contributed by atoms with Gasteiger partial charge in [-0.1, -0.05) is 38.3 Å². The molecule has 0 amide bonds. The fraction of sp³-hybridized carbons (Fsp3) is 0.500. The van der Waals surface area contributed by atoms with E-state index < -0.39 is 6.16 Å². The van der Waals surface area contributed by atoms with Gasteiger partial charge in [0.05, 0.1) is 6.61 Å². The first-order valence-corrected chi connectivity index (χ1v) is 7.34. The van der Waals surface area contributed by atoms with Gasteiger partial charge in [-0.2, -0.15) is 0 Å². The summed E-state index contributed by atoms with van der Waals surface area (Å²) in [4.78, 5) is 11.3. The van der Waals surface area contributed by atoms with Gasteiger partial charge in [-0.25, -0.2) is 4.79 Å². The molecule has 1 aromatic rings. The van der Waals surface area contributed by atoms with E-state index >= 15 is 0 Å². The molecule has 0 spiro atoms. The quantitative estimate of drug-likeness (QED) is 0.406. The maximum Gasteiger partial charge on any atom is 0.508 e. The van der Waals surface area contributed by atoms with Crippen LogP contribution in [0.15, 0.2) is 24.3 Å². The molecule has 0 atom stereocenters. The zero-order valence-corrected chi connectivity index (χ0v) is 12.8. The van der Waals surface area contributed by atoms with E-state index in [0.29, 0.717) is 6.61 Å². The highest BCUT2D eigenvalue weighted by atomic mass is 127. The second-order valence-electron chi connectivity index (χ2n) is 4.07. The SMILES string of the molecule is CCCCCCOC(=O)OCc1ccc(I)cc1. The predicted octanol–water partition coefficient (Wildman–Crippen LogP) is 4.52. The van der Waals surface area contributed by atoms with Gasteiger partial charge in [0, 0.05) is 3.57 Å². The molecule has 18 heavy (non-hydrogen) atoms. The Balaban J connectivity index is 2.11. The van der Waals surface area contributed by atoms with Crippen molar-refractivity contribution in [2.75, 3.05) is 6.61 Å². The van der Waals surface area contributed by atoms with E-state index in [-0.39, 0.29) is 6.61 Å². The first-order valence-electron chi connectivity index (χ1n) is 6.26. The van der Waals surface area contributed by atoms with Crippen molar-refractivity contribution in [2.45, 2.75) is 39.2 Å². The van der Waals surface area contributed by atoms with Gasteiger partial charge in [-0.05, 0) is 46.7 Å². The molecule has 0 aromatic heterocycles. The molecule has 0 N–H and O–H groups in total. The Labute approximate surface area is 122 Å². The summed E-state index contributed by atoms with van der Waals surface area (Å²) in [5, 5.41) is 0. The molecular weight excluding hydrogens is 343 g/mol. The molecule has 100 valence electrons. The van der Waals surface area contributed by atoms with Crippen LogP contribution in [0.25, 0.3) is 0 Å². The fourth-order valence-electron chi connectivity index (χ4n) is 1.45. The van der Waals surface area contributed by atoms with E-state index in [2.05, 4.69) is 29.5 Å². The van der Waals surface area contributed by atoms with E-state index in [9.17, 15) is 4.79 Å². The lowest BCUT2D eigenvalue weighted by Crippen LogP contribution is -2.08. The van der Waals surface area contributed by atoms with Crippen molar-refractivity contribution < 1.29 is 14.3 Å². The zero-order chi connectivity index (χ0) is 13.2. The van der Waals surface area contributed by atoms with E-state index in [0.717, 1.165) is 22.0 Å². The molecule has 0 radical (unpaired) electrons. The second-order valence-corrected chi connectivity index (χ2v) is 5.32. The Kier molecular flexibility index (Phi) is 7.80. The lowest BCUT2D eigenvalue weighted by Gasteiger charge is -2.06. The number of unbranched alkanes of at least 4 members (excludes halogenated alkanes) is 3. The predicted molar refractivity (Wildman–Crippen MR) is 79.4 cm³/mol. The van der Waals surface area contributed by atoms with Gasteiger partial charge >= 0.3 is 6.16 Å². The number of ether oxygens (including phenoxy) is 2. The molecule has 0 fully saturated rings. The number of benzene rings is 1. The Morgan fingerprint density at radius 2 is 1.83 bits per heavy atom. The van der Waals surface area contributed by atoms with Gasteiger partial charge in [0.15, 0.2) is 0 Å². The van der Waals surface area contributed by atoms with Crippen molar-refractivity contribution in [3.05, 3.63) is 33.4 Å². The molecule has 1 rings (SSSR count). The Morgan fingerprint density at radius 1 is 1.11 bits per heavy atom. The molecule has 0 heterocycles. The van der Waals surface area contributed by atoms with Crippen molar-refractivity contribution in [1.82, 2.24) is 0 Å². The van der Waals surface area contributed by atoms with Crippen LogP contribution in [0.4, 0.5) is 4.79 Å². The highest BCUT2D eigenvalue weighted by molar-refractivity contribution is 14.1. The molecule has 3 nitrogen and oxygen atoms in total. The largest absolute Gasteiger partial charge is 0.508 e. The average molecular weight is 362 g/mol. The number of hydrogen-bond donors (Lipinski definition) is 0. The number of rotatable bonds is 7. The molecule has 4 heteroatoms. The van der Waals surface area contributed by atoms with Crippen LogP contribution in [0, 0.1) is 3.57 Å². The number of carbonyl (C=O) groups excluding carboxylic acids is 1. The van der Waals surface area contributed by atoms with Crippen molar-refractivity contribution in [3.63, 3.8) is 0 Å². The first kappa shape index (κ1) is 15.3. The summed E-state index contributed by atoms with van der Waals surface area (Å²) >= 11 is 2.23. The van der Waals surface area contributed by atoms with Gasteiger partial charge in [0.2, 0.25) is 0 Å². The number of hydrogen-bond acceptors (Lipinski definition) is 3. The minimum absolute atomic E-state index is 0.269. The van der Waals surface area contributed by atoms with Gasteiger partial charge in [-0.3, -0.25) is 0 Å². The van der Waals surface area contributed by atoms with Crippen LogP contribution < -0.4 is 0 Å². The lowest BCUT2D eigenvalue weighted by molar-refractivity contribution is 0.0488. The lowest BCUT2D eigenvalue weighted by atomic mass is 10.2. The summed E-state index contributed by atoms with van der Waals surface area (Å²) < 4.78 is 11.1. The Morgan fingerprint density at radius 3 is 2.50 bits per heavy atom. The van der Waals surface area contributed by atoms with Crippen LogP contribution in [-0.2, 0) is 16.1 Å². The second kappa shape index (κ2) is 9.19. The summed E-state index contributed by atoms with van der Waals surface area (Å²) in [7, 11) is 0. The third kappa shape index (κ3) is 6.83. The van der Waals surface area contributed by atoms with Crippen molar-refractivity contribution in [1.29, 1.82) is 0 Å². The minimum Gasteiger partial charge on any atom is -0.434 e. The molecule has 0 bridgehead atoms. The first-order chi connectivity index (χ1) is 8.72. The maximum absolute atomic E-state index is 11.3. The van der Waals surface area contributed by atoms with Crippen molar-refractivity contribution >= 4 is 28.7 Å². The number of halogens is 1. The maximum atomic E-state index is 11.3. The van der Waals surface area contributed by atoms with Crippen LogP contribution in [0.1, 0.15) is 38.2 Å². The van der Waals surface area contributed by atoms with Crippen molar-refractivity contribution in [3.8, 4) is 0 Å². The molecule has 0 unspecified atom stereocenters. The third-order valence-corrected chi connectivity index (χ3v) is 3.21. The zero-order valence-electron chi connectivity index (χ0n) is 10.7. The third-order valence-electron chi connectivity index (χ3n) is 2.49. The number of carbonyl (C=O) groups is 1. The minimum atomic E-state index is -0.579. The molecule has 0 aliphatic heterocycles. The normalized spacial score (nSPS) is 10.1. The highest BCUT2D eigenvalue weighted by Gasteiger charge is 2.03. The monoisotopic (exact) mass is 362 g/mol. The Bertz CT molecular complexity index is 349. The summed E-state index contributed by atoms with van der Waals surface area (Å²) in [6.07, 6.45) is 3.79. The molecule has 1 aromatic carbocycles. The highest BCUT2D eigenvalue weighted by Crippen LogP contribution is 2.08. The average Bonchev–Trinajstić information content (AvgIpc) is 2.38. The molecule has 0 saturated carbocycles. The standard InChI is InChI=1S/C14H19IO3/c1-2-3-4-5-10-17-14(16)18-11-12-6-8-13(15)9-7-12/h6-9H,2-5,10-11H2,1H3. The van der Waals surface area contributed by atoms with Crippen molar-refractivity contribution in [2.24, 2.45) is 0 Å². The molecule has 0 aliphatic rings. The van der Waals surface area contributed by atoms with E-state index in [1.165, 1.54) is 12.8 Å². The topological polar surface area (TPSA) is 35.5 Å². The molecule has 0 saturated heterocycles. The van der Waals surface area contributed by atoms with E-state index in [1.54, 1.807) is 0 Å². The van der Waals surface area contributed by atoms with Crippen LogP contribution in [-0.4, -0.2) is 12.8 Å². The van der Waals surface area contributed by atoms with Gasteiger partial charge < -0.3 is 9.47 Å². The van der Waals surface area contributed by atoms with Crippen LogP contribution in [0.2, 0.25) is 0 Å². The summed E-state index contributed by atoms with van der Waals surface area (Å²) in [5.41, 5.74) is 0.971. The van der Waals surface area contributed by atoms with Gasteiger partial charge in [-0.15, -0.1) is 0 Å². The van der Waals surface area contributed by atoms with E-state index in [4.69, 9.17) is 9.47 Å². The van der Waals surface area contributed by atoms with Crippen LogP contribution in [0.3, 0.4) is 0 Å². The van der Waals surface area contributed by atoms with Crippen LogP contribution >= 0.6 is 22.6 Å². The van der Waals surface area contributed by atoms with Gasteiger partial charge in [0.1, 0.15) is 6.61 Å². The van der Waals surface area contributed by atoms with Gasteiger partial charge in [0.25, 0.3) is 0 Å². The molecular formula is C14H19IO3.